The second kappa shape index (κ2) is 9.05. The number of rotatable bonds is 7. The van der Waals surface area contributed by atoms with Crippen molar-refractivity contribution in [1.29, 1.82) is 0 Å². The van der Waals surface area contributed by atoms with Gasteiger partial charge in [-0.1, -0.05) is 45.0 Å². The molecule has 0 fully saturated rings. The lowest BCUT2D eigenvalue weighted by Crippen LogP contribution is -2.14. The first-order valence-corrected chi connectivity index (χ1v) is 10.9. The molecule has 0 aliphatic carbocycles. The van der Waals surface area contributed by atoms with Crippen LogP contribution >= 0.6 is 0 Å². The highest BCUT2D eigenvalue weighted by molar-refractivity contribution is 5.60. The molecule has 8 heteroatoms. The molecule has 0 aliphatic heterocycles. The van der Waals surface area contributed by atoms with Gasteiger partial charge < -0.3 is 10.1 Å². The number of aromatic amines is 1. The summed E-state index contributed by atoms with van der Waals surface area (Å²) < 4.78 is 20.6. The van der Waals surface area contributed by atoms with Crippen LogP contribution in [0.15, 0.2) is 53.3 Å². The molecule has 4 aromatic rings. The van der Waals surface area contributed by atoms with Crippen LogP contribution in [0.2, 0.25) is 0 Å². The van der Waals surface area contributed by atoms with Gasteiger partial charge in [-0.15, -0.1) is 0 Å². The van der Waals surface area contributed by atoms with Crippen molar-refractivity contribution in [3.8, 4) is 17.1 Å². The highest BCUT2D eigenvalue weighted by atomic mass is 19.1. The highest BCUT2D eigenvalue weighted by Gasteiger charge is 2.15. The maximum Gasteiger partial charge on any atom is 0.266 e. The maximum atomic E-state index is 13.4. The molecule has 2 aromatic carbocycles. The molecule has 7 nitrogen and oxygen atoms in total. The van der Waals surface area contributed by atoms with E-state index in [1.54, 1.807) is 23.6 Å². The Balaban J connectivity index is 1.47. The summed E-state index contributed by atoms with van der Waals surface area (Å²) in [5, 5.41) is 5.98. The average molecular weight is 450 g/mol. The second-order valence-electron chi connectivity index (χ2n) is 9.05. The van der Waals surface area contributed by atoms with Crippen molar-refractivity contribution >= 4 is 11.6 Å². The molecular weight excluding hydrogens is 421 g/mol. The first-order chi connectivity index (χ1) is 15.7. The van der Waals surface area contributed by atoms with Crippen LogP contribution in [-0.4, -0.2) is 32.7 Å². The third kappa shape index (κ3) is 5.22. The summed E-state index contributed by atoms with van der Waals surface area (Å²) in [6, 6.07) is 14.3. The molecular formula is C25H28FN5O2. The summed E-state index contributed by atoms with van der Waals surface area (Å²) in [5.41, 5.74) is 2.94. The number of halogens is 1. The number of fused-ring (bicyclic) bond motifs is 1. The number of nitrogens with one attached hydrogen (secondary N) is 2. The molecule has 2 heterocycles. The lowest BCUT2D eigenvalue weighted by molar-refractivity contribution is 0.314. The Morgan fingerprint density at radius 3 is 2.55 bits per heavy atom. The normalized spacial score (nSPS) is 11.7. The number of H-pyrrole nitrogens is 1. The highest BCUT2D eigenvalue weighted by Crippen LogP contribution is 2.25. The first-order valence-electron chi connectivity index (χ1n) is 10.9. The summed E-state index contributed by atoms with van der Waals surface area (Å²) in [5.74, 6) is 1.42. The van der Waals surface area contributed by atoms with Crippen molar-refractivity contribution in [3.63, 3.8) is 0 Å². The fourth-order valence-corrected chi connectivity index (χ4v) is 3.45. The molecule has 0 amide bonds. The van der Waals surface area contributed by atoms with Gasteiger partial charge in [0, 0.05) is 18.2 Å². The number of hydrogen-bond acceptors (Lipinski definition) is 5. The first kappa shape index (κ1) is 22.5. The van der Waals surface area contributed by atoms with E-state index in [4.69, 9.17) is 4.74 Å². The summed E-state index contributed by atoms with van der Waals surface area (Å²) >= 11 is 0. The second-order valence-corrected chi connectivity index (χ2v) is 9.05. The van der Waals surface area contributed by atoms with E-state index in [0.717, 1.165) is 5.56 Å². The summed E-state index contributed by atoms with van der Waals surface area (Å²) in [6.07, 6.45) is 0.684. The van der Waals surface area contributed by atoms with Crippen LogP contribution in [0.1, 0.15) is 38.3 Å². The van der Waals surface area contributed by atoms with Gasteiger partial charge in [-0.3, -0.25) is 9.89 Å². The molecule has 0 spiro atoms. The maximum absolute atomic E-state index is 13.4. The van der Waals surface area contributed by atoms with Gasteiger partial charge in [0.1, 0.15) is 11.6 Å². The predicted octanol–water partition coefficient (Wildman–Crippen LogP) is 4.71. The molecule has 0 saturated heterocycles. The summed E-state index contributed by atoms with van der Waals surface area (Å²) in [7, 11) is 0. The monoisotopic (exact) mass is 449 g/mol. The van der Waals surface area contributed by atoms with Crippen LogP contribution in [-0.2, 0) is 5.41 Å². The van der Waals surface area contributed by atoms with Gasteiger partial charge in [-0.05, 0) is 48.1 Å². The van der Waals surface area contributed by atoms with Crippen LogP contribution in [0.3, 0.4) is 0 Å². The van der Waals surface area contributed by atoms with Gasteiger partial charge in [0.25, 0.3) is 5.56 Å². The van der Waals surface area contributed by atoms with Gasteiger partial charge in [0.05, 0.1) is 6.61 Å². The molecule has 0 radical (unpaired) electrons. The Kier molecular flexibility index (Phi) is 6.18. The average Bonchev–Trinajstić information content (AvgIpc) is 3.15. The van der Waals surface area contributed by atoms with Crippen LogP contribution < -0.4 is 15.6 Å². The third-order valence-corrected chi connectivity index (χ3v) is 5.37. The Labute approximate surface area is 191 Å². The molecule has 4 rings (SSSR count). The predicted molar refractivity (Wildman–Crippen MR) is 127 cm³/mol. The molecule has 2 aromatic heterocycles. The Morgan fingerprint density at radius 1 is 1.09 bits per heavy atom. The van der Waals surface area contributed by atoms with E-state index < -0.39 is 0 Å². The van der Waals surface area contributed by atoms with Crippen LogP contribution in [0, 0.1) is 12.7 Å². The zero-order valence-electron chi connectivity index (χ0n) is 19.3. The number of hydrogen-bond donors (Lipinski definition) is 2. The minimum absolute atomic E-state index is 0.0543. The van der Waals surface area contributed by atoms with E-state index in [9.17, 15) is 9.18 Å². The molecule has 0 bridgehead atoms. The number of ether oxygens (including phenoxy) is 1. The lowest BCUT2D eigenvalue weighted by atomic mass is 9.87. The fraction of sp³-hybridized carbons (Fsp3) is 0.320. The molecule has 172 valence electrons. The summed E-state index contributed by atoms with van der Waals surface area (Å²) in [6.45, 7) is 9.22. The number of nitrogens with zero attached hydrogens (tertiary/aromatic N) is 3. The molecule has 0 unspecified atom stereocenters. The van der Waals surface area contributed by atoms with Gasteiger partial charge in [0.2, 0.25) is 5.95 Å². The van der Waals surface area contributed by atoms with E-state index in [1.807, 2.05) is 12.1 Å². The van der Waals surface area contributed by atoms with E-state index in [0.29, 0.717) is 48.3 Å². The number of anilines is 1. The zero-order valence-corrected chi connectivity index (χ0v) is 19.3. The Bertz CT molecular complexity index is 1320. The molecule has 0 saturated carbocycles. The SMILES string of the molecule is Cc1cc(OCCCNc2nc(-c3ccc(C(C)(C)C)cc3)nc3cc(=O)[nH]n23)ccc1F. The van der Waals surface area contributed by atoms with Crippen molar-refractivity contribution in [2.45, 2.75) is 39.5 Å². The summed E-state index contributed by atoms with van der Waals surface area (Å²) in [4.78, 5) is 21.1. The fourth-order valence-electron chi connectivity index (χ4n) is 3.45. The number of aromatic nitrogens is 4. The van der Waals surface area contributed by atoms with E-state index >= 15 is 0 Å². The largest absolute Gasteiger partial charge is 0.494 e. The smallest absolute Gasteiger partial charge is 0.266 e. The lowest BCUT2D eigenvalue weighted by Gasteiger charge is -2.19. The van der Waals surface area contributed by atoms with Gasteiger partial charge >= 0.3 is 0 Å². The molecule has 0 atom stereocenters. The minimum Gasteiger partial charge on any atom is -0.494 e. The van der Waals surface area contributed by atoms with Crippen LogP contribution in [0.5, 0.6) is 5.75 Å². The van der Waals surface area contributed by atoms with Gasteiger partial charge in [0.15, 0.2) is 11.5 Å². The van der Waals surface area contributed by atoms with Crippen LogP contribution in [0.4, 0.5) is 10.3 Å². The Morgan fingerprint density at radius 2 is 1.85 bits per heavy atom. The third-order valence-electron chi connectivity index (χ3n) is 5.37. The molecule has 0 aliphatic rings. The van der Waals surface area contributed by atoms with Crippen molar-refractivity contribution in [2.75, 3.05) is 18.5 Å². The standard InChI is InChI=1S/C25H28FN5O2/c1-16-14-19(10-11-20(16)26)33-13-5-12-27-24-29-23(28-21-15-22(32)30-31(21)24)17-6-8-18(9-7-17)25(2,3)4/h6-11,14-15H,5,12-13H2,1-4H3,(H,30,32)(H,27,28,29). The molecule has 2 N–H and O–H groups in total. The Hall–Kier alpha value is -3.68. The van der Waals surface area contributed by atoms with Crippen molar-refractivity contribution < 1.29 is 9.13 Å². The number of benzene rings is 2. The van der Waals surface area contributed by atoms with Gasteiger partial charge in [-0.2, -0.15) is 4.98 Å². The molecule has 33 heavy (non-hydrogen) atoms. The van der Waals surface area contributed by atoms with E-state index in [2.05, 4.69) is 53.3 Å². The topological polar surface area (TPSA) is 84.3 Å². The van der Waals surface area contributed by atoms with Crippen LogP contribution in [0.25, 0.3) is 17.0 Å². The van der Waals surface area contributed by atoms with Crippen molar-refractivity contribution in [1.82, 2.24) is 19.6 Å². The number of aryl methyl sites for hydroxylation is 1. The zero-order chi connectivity index (χ0) is 23.6. The quantitative estimate of drug-likeness (QED) is 0.399. The van der Waals surface area contributed by atoms with E-state index in [-0.39, 0.29) is 16.8 Å². The minimum atomic E-state index is -0.249. The van der Waals surface area contributed by atoms with Crippen molar-refractivity contribution in [3.05, 3.63) is 75.8 Å². The van der Waals surface area contributed by atoms with Crippen molar-refractivity contribution in [2.24, 2.45) is 0 Å². The van der Waals surface area contributed by atoms with E-state index in [1.165, 1.54) is 17.7 Å². The van der Waals surface area contributed by atoms with Gasteiger partial charge in [-0.25, -0.2) is 13.9 Å².